The number of hydrogen-bond donors (Lipinski definition) is 2. The summed E-state index contributed by atoms with van der Waals surface area (Å²) in [5.74, 6) is 0.724. The molecule has 6 heteroatoms. The van der Waals surface area contributed by atoms with E-state index in [4.69, 9.17) is 4.74 Å². The molecule has 1 aromatic heterocycles. The first-order valence-corrected chi connectivity index (χ1v) is 7.93. The number of fused-ring (bicyclic) bond motifs is 1. The molecule has 1 atom stereocenters. The highest BCUT2D eigenvalue weighted by Gasteiger charge is 2.25. The number of amides is 1. The third-order valence-electron chi connectivity index (χ3n) is 3.98. The fourth-order valence-electron chi connectivity index (χ4n) is 2.87. The lowest BCUT2D eigenvalue weighted by molar-refractivity contribution is -0.123. The molecule has 2 heterocycles. The second kappa shape index (κ2) is 6.83. The summed E-state index contributed by atoms with van der Waals surface area (Å²) in [4.78, 5) is 12.6. The molecule has 0 saturated carbocycles. The maximum atomic E-state index is 12.6. The standard InChI is InChI=1S/C17H22N4O2/c1-3-14-12(11-21(2)20-14)10-19-17(22)16-13-6-4-5-7-15(13)23-9-8-18-16/h4-7,11,16,18H,3,8-10H2,1-2H3,(H,19,22). The van der Waals surface area contributed by atoms with Crippen molar-refractivity contribution in [1.29, 1.82) is 0 Å². The molecule has 0 aliphatic carbocycles. The minimum Gasteiger partial charge on any atom is -0.492 e. The maximum Gasteiger partial charge on any atom is 0.242 e. The second-order valence-corrected chi connectivity index (χ2v) is 5.62. The lowest BCUT2D eigenvalue weighted by Crippen LogP contribution is -2.37. The van der Waals surface area contributed by atoms with Crippen LogP contribution in [0.5, 0.6) is 5.75 Å². The van der Waals surface area contributed by atoms with Crippen molar-refractivity contribution in [1.82, 2.24) is 20.4 Å². The van der Waals surface area contributed by atoms with Gasteiger partial charge in [0, 0.05) is 37.5 Å². The molecule has 6 nitrogen and oxygen atoms in total. The van der Waals surface area contributed by atoms with Gasteiger partial charge in [-0.25, -0.2) is 0 Å². The minimum absolute atomic E-state index is 0.0474. The quantitative estimate of drug-likeness (QED) is 0.893. The van der Waals surface area contributed by atoms with E-state index in [1.165, 1.54) is 0 Å². The first-order chi connectivity index (χ1) is 11.2. The Morgan fingerprint density at radius 3 is 3.13 bits per heavy atom. The van der Waals surface area contributed by atoms with Crippen molar-refractivity contribution in [2.75, 3.05) is 13.2 Å². The Hall–Kier alpha value is -2.34. The molecule has 23 heavy (non-hydrogen) atoms. The molecule has 122 valence electrons. The van der Waals surface area contributed by atoms with Crippen LogP contribution in [0.1, 0.15) is 29.8 Å². The van der Waals surface area contributed by atoms with E-state index < -0.39 is 6.04 Å². The average molecular weight is 314 g/mol. The fraction of sp³-hybridized carbons (Fsp3) is 0.412. The summed E-state index contributed by atoms with van der Waals surface area (Å²) in [6.07, 6.45) is 2.81. The molecule has 0 bridgehead atoms. The van der Waals surface area contributed by atoms with E-state index in [2.05, 4.69) is 22.7 Å². The summed E-state index contributed by atoms with van der Waals surface area (Å²) >= 11 is 0. The van der Waals surface area contributed by atoms with Gasteiger partial charge in [0.2, 0.25) is 5.91 Å². The lowest BCUT2D eigenvalue weighted by Gasteiger charge is -2.17. The molecular weight excluding hydrogens is 292 g/mol. The van der Waals surface area contributed by atoms with Gasteiger partial charge in [0.1, 0.15) is 18.4 Å². The first-order valence-electron chi connectivity index (χ1n) is 7.93. The zero-order valence-electron chi connectivity index (χ0n) is 13.5. The van der Waals surface area contributed by atoms with Crippen molar-refractivity contribution in [2.45, 2.75) is 25.9 Å². The Balaban J connectivity index is 1.73. The SMILES string of the molecule is CCc1nn(C)cc1CNC(=O)C1NCCOc2ccccc21. The molecule has 1 amide bonds. The van der Waals surface area contributed by atoms with Crippen LogP contribution in [-0.2, 0) is 24.8 Å². The molecule has 2 aromatic rings. The van der Waals surface area contributed by atoms with Crippen LogP contribution in [0.2, 0.25) is 0 Å². The van der Waals surface area contributed by atoms with Crippen LogP contribution >= 0.6 is 0 Å². The number of para-hydroxylation sites is 1. The number of aromatic nitrogens is 2. The zero-order chi connectivity index (χ0) is 16.2. The average Bonchev–Trinajstić information content (AvgIpc) is 2.79. The maximum absolute atomic E-state index is 12.6. The van der Waals surface area contributed by atoms with Crippen LogP contribution in [0.15, 0.2) is 30.5 Å². The smallest absolute Gasteiger partial charge is 0.242 e. The molecule has 1 aliphatic heterocycles. The number of nitrogens with one attached hydrogen (secondary N) is 2. The van der Waals surface area contributed by atoms with Gasteiger partial charge in [-0.05, 0) is 12.5 Å². The van der Waals surface area contributed by atoms with Gasteiger partial charge in [-0.1, -0.05) is 25.1 Å². The molecule has 1 aromatic carbocycles. The van der Waals surface area contributed by atoms with Gasteiger partial charge in [0.15, 0.2) is 0 Å². The van der Waals surface area contributed by atoms with Gasteiger partial charge in [-0.3, -0.25) is 14.8 Å². The number of carbonyl (C=O) groups excluding carboxylic acids is 1. The summed E-state index contributed by atoms with van der Waals surface area (Å²) in [5, 5.41) is 10.7. The van der Waals surface area contributed by atoms with E-state index in [1.54, 1.807) is 4.68 Å². The first kappa shape index (κ1) is 15.6. The molecular formula is C17H22N4O2. The summed E-state index contributed by atoms with van der Waals surface area (Å²) in [7, 11) is 1.89. The Morgan fingerprint density at radius 1 is 1.48 bits per heavy atom. The minimum atomic E-state index is -0.393. The monoisotopic (exact) mass is 314 g/mol. The van der Waals surface area contributed by atoms with Crippen molar-refractivity contribution >= 4 is 5.91 Å². The molecule has 0 radical (unpaired) electrons. The molecule has 2 N–H and O–H groups in total. The van der Waals surface area contributed by atoms with Crippen molar-refractivity contribution in [3.8, 4) is 5.75 Å². The highest BCUT2D eigenvalue weighted by Crippen LogP contribution is 2.27. The molecule has 0 spiro atoms. The van der Waals surface area contributed by atoms with Gasteiger partial charge in [-0.15, -0.1) is 0 Å². The number of aryl methyl sites for hydroxylation is 2. The van der Waals surface area contributed by atoms with E-state index in [0.717, 1.165) is 29.0 Å². The summed E-state index contributed by atoms with van der Waals surface area (Å²) in [5.41, 5.74) is 2.95. The molecule has 1 aliphatic rings. The number of carbonyl (C=O) groups is 1. The number of benzene rings is 1. The number of rotatable bonds is 4. The number of hydrogen-bond acceptors (Lipinski definition) is 4. The van der Waals surface area contributed by atoms with Crippen LogP contribution in [0.3, 0.4) is 0 Å². The topological polar surface area (TPSA) is 68.2 Å². The Morgan fingerprint density at radius 2 is 2.30 bits per heavy atom. The van der Waals surface area contributed by atoms with E-state index in [9.17, 15) is 4.79 Å². The predicted molar refractivity (Wildman–Crippen MR) is 87.1 cm³/mol. The zero-order valence-corrected chi connectivity index (χ0v) is 13.5. The lowest BCUT2D eigenvalue weighted by atomic mass is 10.0. The normalized spacial score (nSPS) is 17.0. The second-order valence-electron chi connectivity index (χ2n) is 5.62. The van der Waals surface area contributed by atoms with Crippen LogP contribution in [0, 0.1) is 0 Å². The van der Waals surface area contributed by atoms with E-state index in [0.29, 0.717) is 19.7 Å². The van der Waals surface area contributed by atoms with Gasteiger partial charge in [0.25, 0.3) is 0 Å². The van der Waals surface area contributed by atoms with Crippen molar-refractivity contribution < 1.29 is 9.53 Å². The fourth-order valence-corrected chi connectivity index (χ4v) is 2.87. The van der Waals surface area contributed by atoms with Crippen LogP contribution in [0.4, 0.5) is 0 Å². The highest BCUT2D eigenvalue weighted by molar-refractivity contribution is 5.84. The molecule has 0 fully saturated rings. The van der Waals surface area contributed by atoms with E-state index >= 15 is 0 Å². The Labute approximate surface area is 135 Å². The van der Waals surface area contributed by atoms with Crippen molar-refractivity contribution in [3.63, 3.8) is 0 Å². The highest BCUT2D eigenvalue weighted by atomic mass is 16.5. The van der Waals surface area contributed by atoms with Crippen LogP contribution in [0.25, 0.3) is 0 Å². The van der Waals surface area contributed by atoms with Crippen molar-refractivity contribution in [2.24, 2.45) is 7.05 Å². The van der Waals surface area contributed by atoms with Crippen LogP contribution < -0.4 is 15.4 Å². The van der Waals surface area contributed by atoms with Crippen LogP contribution in [-0.4, -0.2) is 28.8 Å². The van der Waals surface area contributed by atoms with E-state index in [1.807, 2.05) is 37.5 Å². The Bertz CT molecular complexity index is 696. The van der Waals surface area contributed by atoms with Gasteiger partial charge < -0.3 is 10.1 Å². The third kappa shape index (κ3) is 3.37. The summed E-state index contributed by atoms with van der Waals surface area (Å²) < 4.78 is 7.46. The summed E-state index contributed by atoms with van der Waals surface area (Å²) in [6, 6.07) is 7.28. The summed E-state index contributed by atoms with van der Waals surface area (Å²) in [6.45, 7) is 3.74. The van der Waals surface area contributed by atoms with Gasteiger partial charge in [-0.2, -0.15) is 5.10 Å². The Kier molecular flexibility index (Phi) is 4.62. The number of nitrogens with zero attached hydrogens (tertiary/aromatic N) is 2. The van der Waals surface area contributed by atoms with Crippen molar-refractivity contribution in [3.05, 3.63) is 47.3 Å². The van der Waals surface area contributed by atoms with Gasteiger partial charge in [0.05, 0.1) is 5.69 Å². The molecule has 3 rings (SSSR count). The third-order valence-corrected chi connectivity index (χ3v) is 3.98. The van der Waals surface area contributed by atoms with Gasteiger partial charge >= 0.3 is 0 Å². The number of ether oxygens (including phenoxy) is 1. The van der Waals surface area contributed by atoms with E-state index in [-0.39, 0.29) is 5.91 Å². The predicted octanol–water partition coefficient (Wildman–Crippen LogP) is 1.32. The largest absolute Gasteiger partial charge is 0.492 e. The molecule has 1 unspecified atom stereocenters. The molecule has 0 saturated heterocycles.